The number of rotatable bonds is 9. The molecule has 8 heteroatoms. The summed E-state index contributed by atoms with van der Waals surface area (Å²) in [5.74, 6) is 1.11. The summed E-state index contributed by atoms with van der Waals surface area (Å²) in [7, 11) is 1.61. The normalized spacial score (nSPS) is 13.8. The molecule has 0 bridgehead atoms. The first-order valence-corrected chi connectivity index (χ1v) is 9.95. The van der Waals surface area contributed by atoms with E-state index in [4.69, 9.17) is 14.3 Å². The topological polar surface area (TPSA) is 85.6 Å². The highest BCUT2D eigenvalue weighted by Gasteiger charge is 2.20. The number of nitrogens with zero attached hydrogens (tertiary/aromatic N) is 4. The highest BCUT2D eigenvalue weighted by Crippen LogP contribution is 2.29. The van der Waals surface area contributed by atoms with Gasteiger partial charge in [-0.25, -0.2) is 5.01 Å². The molecular formula is C22H26N4O4. The fourth-order valence-corrected chi connectivity index (χ4v) is 2.92. The van der Waals surface area contributed by atoms with Gasteiger partial charge in [0.2, 0.25) is 0 Å². The van der Waals surface area contributed by atoms with Crippen LogP contribution < -0.4 is 9.47 Å². The third-order valence-corrected chi connectivity index (χ3v) is 4.44. The van der Waals surface area contributed by atoms with E-state index in [2.05, 4.69) is 15.2 Å². The zero-order valence-corrected chi connectivity index (χ0v) is 17.3. The van der Waals surface area contributed by atoms with Gasteiger partial charge in [0.05, 0.1) is 25.6 Å². The van der Waals surface area contributed by atoms with E-state index in [1.54, 1.807) is 31.6 Å². The molecule has 158 valence electrons. The average molecular weight is 410 g/mol. The molecule has 1 aromatic heterocycles. The number of ether oxygens (including phenoxy) is 2. The van der Waals surface area contributed by atoms with Gasteiger partial charge in [0.15, 0.2) is 18.1 Å². The lowest BCUT2D eigenvalue weighted by atomic mass is 10.0. The molecule has 30 heavy (non-hydrogen) atoms. The summed E-state index contributed by atoms with van der Waals surface area (Å²) >= 11 is 0. The minimum absolute atomic E-state index is 0.175. The predicted octanol–water partition coefficient (Wildman–Crippen LogP) is 3.26. The number of benzene rings is 1. The van der Waals surface area contributed by atoms with Gasteiger partial charge in [-0.3, -0.25) is 9.78 Å². The molecule has 2 heterocycles. The van der Waals surface area contributed by atoms with E-state index in [9.17, 15) is 4.79 Å². The van der Waals surface area contributed by atoms with Crippen LogP contribution >= 0.6 is 0 Å². The van der Waals surface area contributed by atoms with Crippen molar-refractivity contribution in [3.8, 4) is 11.5 Å². The summed E-state index contributed by atoms with van der Waals surface area (Å²) in [4.78, 5) is 21.5. The molecule has 3 rings (SSSR count). The largest absolute Gasteiger partial charge is 0.493 e. The van der Waals surface area contributed by atoms with Crippen LogP contribution in [0, 0.1) is 0 Å². The Balaban J connectivity index is 1.64. The molecule has 0 unspecified atom stereocenters. The van der Waals surface area contributed by atoms with E-state index in [1.165, 1.54) is 11.2 Å². The van der Waals surface area contributed by atoms with Crippen LogP contribution in [-0.4, -0.2) is 54.7 Å². The molecule has 8 nitrogen and oxygen atoms in total. The molecular weight excluding hydrogens is 384 g/mol. The minimum Gasteiger partial charge on any atom is -0.493 e. The van der Waals surface area contributed by atoms with Gasteiger partial charge in [0.1, 0.15) is 0 Å². The standard InChI is InChI=1S/C22H26N4O4/c1-3-13-29-21-14-18(6-7-20(21)28-2)19-5-4-12-26(25-19)22(27)16-30-24-15-17-8-10-23-11-9-17/h6-11,14-15H,3-5,12-13,16H2,1-2H3. The number of methoxy groups -OCH3 is 1. The molecule has 0 saturated carbocycles. The molecule has 1 amide bonds. The van der Waals surface area contributed by atoms with Gasteiger partial charge >= 0.3 is 0 Å². The van der Waals surface area contributed by atoms with Crippen molar-refractivity contribution in [3.05, 3.63) is 53.9 Å². The maximum absolute atomic E-state index is 12.5. The number of carbonyl (C=O) groups excluding carboxylic acids is 1. The molecule has 0 radical (unpaired) electrons. The van der Waals surface area contributed by atoms with Gasteiger partial charge in [0, 0.05) is 24.5 Å². The molecule has 1 aliphatic heterocycles. The van der Waals surface area contributed by atoms with Gasteiger partial charge in [-0.05, 0) is 55.2 Å². The SMILES string of the molecule is CCCOc1cc(C2=NN(C(=O)CON=Cc3ccncc3)CCC2)ccc1OC. The van der Waals surface area contributed by atoms with E-state index in [0.29, 0.717) is 24.7 Å². The number of pyridine rings is 1. The van der Waals surface area contributed by atoms with Crippen LogP contribution in [0.1, 0.15) is 37.3 Å². The van der Waals surface area contributed by atoms with Crippen molar-refractivity contribution < 1.29 is 19.1 Å². The fourth-order valence-electron chi connectivity index (χ4n) is 2.92. The predicted molar refractivity (Wildman–Crippen MR) is 114 cm³/mol. The lowest BCUT2D eigenvalue weighted by Crippen LogP contribution is -2.34. The van der Waals surface area contributed by atoms with E-state index in [0.717, 1.165) is 36.1 Å². The Hall–Kier alpha value is -3.42. The third-order valence-electron chi connectivity index (χ3n) is 4.44. The quantitative estimate of drug-likeness (QED) is 0.468. The van der Waals surface area contributed by atoms with Crippen molar-refractivity contribution in [2.24, 2.45) is 10.3 Å². The van der Waals surface area contributed by atoms with Crippen LogP contribution in [0.15, 0.2) is 53.0 Å². The van der Waals surface area contributed by atoms with Crippen molar-refractivity contribution >= 4 is 17.8 Å². The first kappa shape index (κ1) is 21.3. The Bertz CT molecular complexity index is 899. The van der Waals surface area contributed by atoms with Crippen molar-refractivity contribution in [2.45, 2.75) is 26.2 Å². The summed E-state index contributed by atoms with van der Waals surface area (Å²) in [5, 5.41) is 9.81. The summed E-state index contributed by atoms with van der Waals surface area (Å²) in [6.07, 6.45) is 7.37. The van der Waals surface area contributed by atoms with Gasteiger partial charge in [0.25, 0.3) is 5.91 Å². The summed E-state index contributed by atoms with van der Waals surface area (Å²) in [6.45, 7) is 3.03. The maximum atomic E-state index is 12.5. The van der Waals surface area contributed by atoms with Crippen molar-refractivity contribution in [1.29, 1.82) is 0 Å². The van der Waals surface area contributed by atoms with Crippen molar-refractivity contribution in [2.75, 3.05) is 26.9 Å². The lowest BCUT2D eigenvalue weighted by molar-refractivity contribution is -0.136. The molecule has 1 aromatic carbocycles. The van der Waals surface area contributed by atoms with Crippen LogP contribution in [0.4, 0.5) is 0 Å². The van der Waals surface area contributed by atoms with E-state index < -0.39 is 0 Å². The first-order chi connectivity index (χ1) is 14.7. The van der Waals surface area contributed by atoms with E-state index in [-0.39, 0.29) is 12.5 Å². The second kappa shape index (κ2) is 10.9. The maximum Gasteiger partial charge on any atom is 0.283 e. The lowest BCUT2D eigenvalue weighted by Gasteiger charge is -2.23. The Morgan fingerprint density at radius 1 is 1.23 bits per heavy atom. The van der Waals surface area contributed by atoms with Gasteiger partial charge < -0.3 is 14.3 Å². The van der Waals surface area contributed by atoms with Crippen LogP contribution in [0.25, 0.3) is 0 Å². The summed E-state index contributed by atoms with van der Waals surface area (Å²) in [6, 6.07) is 9.30. The second-order valence-electron chi connectivity index (χ2n) is 6.67. The number of oxime groups is 1. The van der Waals surface area contributed by atoms with Crippen LogP contribution in [0.5, 0.6) is 11.5 Å². The molecule has 0 N–H and O–H groups in total. The highest BCUT2D eigenvalue weighted by atomic mass is 16.6. The van der Waals surface area contributed by atoms with Crippen molar-refractivity contribution in [1.82, 2.24) is 9.99 Å². The van der Waals surface area contributed by atoms with Gasteiger partial charge in [-0.15, -0.1) is 0 Å². The smallest absolute Gasteiger partial charge is 0.283 e. The van der Waals surface area contributed by atoms with Crippen LogP contribution in [-0.2, 0) is 9.63 Å². The van der Waals surface area contributed by atoms with E-state index in [1.807, 2.05) is 25.1 Å². The summed E-state index contributed by atoms with van der Waals surface area (Å²) < 4.78 is 11.2. The molecule has 0 aliphatic carbocycles. The number of hydrogen-bond acceptors (Lipinski definition) is 7. The number of amides is 1. The molecule has 0 fully saturated rings. The second-order valence-corrected chi connectivity index (χ2v) is 6.67. The first-order valence-electron chi connectivity index (χ1n) is 9.95. The fraction of sp³-hybridized carbons (Fsp3) is 0.364. The monoisotopic (exact) mass is 410 g/mol. The van der Waals surface area contributed by atoms with E-state index >= 15 is 0 Å². The molecule has 1 aliphatic rings. The van der Waals surface area contributed by atoms with Crippen molar-refractivity contribution in [3.63, 3.8) is 0 Å². The molecule has 0 saturated heterocycles. The Morgan fingerprint density at radius 2 is 2.07 bits per heavy atom. The van der Waals surface area contributed by atoms with Crippen LogP contribution in [0.2, 0.25) is 0 Å². The summed E-state index contributed by atoms with van der Waals surface area (Å²) in [5.41, 5.74) is 2.59. The number of aromatic nitrogens is 1. The van der Waals surface area contributed by atoms with Gasteiger partial charge in [-0.2, -0.15) is 5.10 Å². The highest BCUT2D eigenvalue weighted by molar-refractivity contribution is 6.02. The zero-order chi connectivity index (χ0) is 21.2. The minimum atomic E-state index is -0.241. The Morgan fingerprint density at radius 3 is 2.83 bits per heavy atom. The molecule has 0 spiro atoms. The van der Waals surface area contributed by atoms with Gasteiger partial charge in [-0.1, -0.05) is 12.1 Å². The third kappa shape index (κ3) is 5.79. The average Bonchev–Trinajstić information content (AvgIpc) is 2.81. The van der Waals surface area contributed by atoms with Crippen LogP contribution in [0.3, 0.4) is 0 Å². The number of hydrogen-bond donors (Lipinski definition) is 0. The molecule has 2 aromatic rings. The zero-order valence-electron chi connectivity index (χ0n) is 17.3. The Labute approximate surface area is 176 Å². The number of carbonyl (C=O) groups is 1. The molecule has 0 atom stereocenters. The number of hydrazone groups is 1. The Kier molecular flexibility index (Phi) is 7.77.